The number of terminal acetylenes is 1. The number of ether oxygens (including phenoxy) is 2. The van der Waals surface area contributed by atoms with Crippen molar-refractivity contribution >= 4 is 24.8 Å². The number of benzene rings is 1. The van der Waals surface area contributed by atoms with Gasteiger partial charge in [0.2, 0.25) is 5.60 Å². The van der Waals surface area contributed by atoms with Gasteiger partial charge in [-0.25, -0.2) is 14.1 Å². The largest absolute Gasteiger partial charge is 0.472 e. The molecule has 6 atom stereocenters. The first kappa shape index (κ1) is 45.1. The molecule has 0 radical (unpaired) electrons. The summed E-state index contributed by atoms with van der Waals surface area (Å²) in [6.07, 6.45) is 22.5. The van der Waals surface area contributed by atoms with Crippen molar-refractivity contribution in [3.8, 4) is 18.4 Å². The maximum atomic E-state index is 13.0. The molecule has 3 aromatic rings. The Bertz CT molecular complexity index is 1750. The van der Waals surface area contributed by atoms with Crippen molar-refractivity contribution in [1.29, 1.82) is 5.26 Å². The summed E-state index contributed by atoms with van der Waals surface area (Å²) in [5.41, 5.74) is 5.61. The van der Waals surface area contributed by atoms with Crippen molar-refractivity contribution in [2.45, 2.75) is 140 Å². The Morgan fingerprint density at radius 2 is 1.62 bits per heavy atom. The van der Waals surface area contributed by atoms with Crippen LogP contribution in [0.2, 0.25) is 0 Å². The van der Waals surface area contributed by atoms with Gasteiger partial charge in [-0.15, -0.1) is 6.42 Å². The highest BCUT2D eigenvalue weighted by molar-refractivity contribution is 7.47. The fraction of sp³-hybridized carbons (Fsp3) is 0.634. The van der Waals surface area contributed by atoms with Gasteiger partial charge >= 0.3 is 7.82 Å². The fourth-order valence-corrected chi connectivity index (χ4v) is 7.76. The quantitative estimate of drug-likeness (QED) is 0.0285. The maximum Gasteiger partial charge on any atom is 0.472 e. The van der Waals surface area contributed by atoms with E-state index in [0.29, 0.717) is 23.4 Å². The number of hydrogen-bond donors (Lipinski definition) is 5. The van der Waals surface area contributed by atoms with Crippen LogP contribution in [0, 0.1) is 23.7 Å². The van der Waals surface area contributed by atoms with E-state index in [4.69, 9.17) is 30.7 Å². The highest BCUT2D eigenvalue weighted by atomic mass is 31.2. The van der Waals surface area contributed by atoms with Crippen LogP contribution in [0.1, 0.15) is 121 Å². The summed E-state index contributed by atoms with van der Waals surface area (Å²) in [5, 5.41) is 39.3. The minimum atomic E-state index is -4.73. The molecule has 0 saturated carbocycles. The van der Waals surface area contributed by atoms with Gasteiger partial charge in [0.15, 0.2) is 5.82 Å². The van der Waals surface area contributed by atoms with Gasteiger partial charge < -0.3 is 35.6 Å². The Balaban J connectivity index is 1.18. The number of nitrogen functional groups attached to an aromatic ring is 1. The second-order valence-corrected chi connectivity index (χ2v) is 16.1. The Labute approximate surface area is 331 Å². The van der Waals surface area contributed by atoms with E-state index in [1.165, 1.54) is 100 Å². The second kappa shape index (κ2) is 23.6. The molecule has 0 spiro atoms. The molecule has 4 rings (SSSR count). The number of phosphoric acid groups is 1. The highest BCUT2D eigenvalue weighted by Crippen LogP contribution is 2.46. The predicted octanol–water partition coefficient (Wildman–Crippen LogP) is 7.02. The molecule has 308 valence electrons. The Kier molecular flexibility index (Phi) is 19.0. The third kappa shape index (κ3) is 13.5. The molecular formula is C41H61N6O8P. The third-order valence-corrected chi connectivity index (χ3v) is 11.1. The smallest absolute Gasteiger partial charge is 0.387 e. The minimum Gasteiger partial charge on any atom is -0.387 e. The summed E-state index contributed by atoms with van der Waals surface area (Å²) in [7, 11) is -4.73. The molecule has 0 amide bonds. The molecule has 6 N–H and O–H groups in total. The van der Waals surface area contributed by atoms with Crippen LogP contribution in [-0.4, -0.2) is 80.5 Å². The van der Waals surface area contributed by atoms with Gasteiger partial charge in [0.05, 0.1) is 31.6 Å². The standard InChI is InChI=1S/C41H61N6O8P/c1-3-5-6-7-8-9-10-11-12-13-14-15-16-17-18-19-25-52-27-34(46-33-22-20-21-32(4-2)26-33)28-53-56(50,51)54-29-36-38(48)39(49)41(30-42,55-36)37-24-23-35-40(43)44-31-45-47(35)37/h2,20-24,26,31,34,36,38-39,46,48-49H,3,5-19,25,27-29H2,1H3,(H,50,51)(H2,43,44,45)/t34-,36-,38-,39-,41+/m1/s1. The normalized spacial score (nSPS) is 21.1. The SMILES string of the molecule is C#Cc1cccc(N[C@H](COCCCCCCCCCCCCCCCCCC)COP(=O)(O)OC[C@H]2O[C@@](C#N)(c3ccc4c(N)ncnn34)[C@H](O)[C@@H]2O)c1. The number of nitrogens with two attached hydrogens (primary N) is 1. The predicted molar refractivity (Wildman–Crippen MR) is 215 cm³/mol. The molecule has 1 aromatic carbocycles. The van der Waals surface area contributed by atoms with Crippen molar-refractivity contribution in [1.82, 2.24) is 14.6 Å². The lowest BCUT2D eigenvalue weighted by Gasteiger charge is -2.24. The number of anilines is 2. The Morgan fingerprint density at radius 3 is 2.25 bits per heavy atom. The first-order valence-electron chi connectivity index (χ1n) is 20.2. The fourth-order valence-electron chi connectivity index (χ4n) is 6.98. The molecule has 3 heterocycles. The summed E-state index contributed by atoms with van der Waals surface area (Å²) in [6.45, 7) is 2.02. The maximum absolute atomic E-state index is 13.0. The first-order chi connectivity index (χ1) is 27.1. The molecule has 2 aromatic heterocycles. The Morgan fingerprint density at radius 1 is 0.982 bits per heavy atom. The van der Waals surface area contributed by atoms with Crippen molar-refractivity contribution in [3.05, 3.63) is 54.0 Å². The van der Waals surface area contributed by atoms with E-state index < -0.39 is 44.4 Å². The van der Waals surface area contributed by atoms with Gasteiger partial charge in [0.1, 0.15) is 36.2 Å². The molecular weight excluding hydrogens is 735 g/mol. The van der Waals surface area contributed by atoms with Crippen LogP contribution in [0.15, 0.2) is 42.7 Å². The number of unbranched alkanes of at least 4 members (excludes halogenated alkanes) is 15. The van der Waals surface area contributed by atoms with Crippen molar-refractivity contribution in [3.63, 3.8) is 0 Å². The third-order valence-electron chi connectivity index (χ3n) is 10.2. The molecule has 0 aliphatic carbocycles. The molecule has 0 bridgehead atoms. The topological polar surface area (TPSA) is 207 Å². The number of fused-ring (bicyclic) bond motifs is 1. The number of phosphoric ester groups is 1. The van der Waals surface area contributed by atoms with Gasteiger partial charge in [0.25, 0.3) is 0 Å². The van der Waals surface area contributed by atoms with E-state index in [2.05, 4.69) is 28.2 Å². The van der Waals surface area contributed by atoms with E-state index in [-0.39, 0.29) is 24.7 Å². The number of nitrogens with zero attached hydrogens (tertiary/aromatic N) is 4. The van der Waals surface area contributed by atoms with Crippen LogP contribution in [0.3, 0.4) is 0 Å². The molecule has 15 heteroatoms. The van der Waals surface area contributed by atoms with E-state index in [1.807, 2.05) is 12.1 Å². The number of nitrogens with one attached hydrogen (secondary N) is 1. The van der Waals surface area contributed by atoms with Crippen LogP contribution in [0.25, 0.3) is 5.52 Å². The van der Waals surface area contributed by atoms with Crippen molar-refractivity contribution in [2.75, 3.05) is 37.5 Å². The lowest BCUT2D eigenvalue weighted by Crippen LogP contribution is -2.41. The average Bonchev–Trinajstić information content (AvgIpc) is 3.75. The van der Waals surface area contributed by atoms with Gasteiger partial charge in [-0.2, -0.15) is 10.4 Å². The zero-order chi connectivity index (χ0) is 40.2. The van der Waals surface area contributed by atoms with Crippen LogP contribution < -0.4 is 11.1 Å². The van der Waals surface area contributed by atoms with Crippen LogP contribution >= 0.6 is 7.82 Å². The number of nitriles is 1. The van der Waals surface area contributed by atoms with Crippen LogP contribution in [0.4, 0.5) is 11.5 Å². The molecule has 1 aliphatic heterocycles. The summed E-state index contributed by atoms with van der Waals surface area (Å²) in [6, 6.07) is 11.6. The van der Waals surface area contributed by atoms with E-state index in [9.17, 15) is 24.9 Å². The van der Waals surface area contributed by atoms with E-state index >= 15 is 0 Å². The molecule has 1 aliphatic rings. The number of hydrogen-bond acceptors (Lipinski definition) is 12. The first-order valence-corrected chi connectivity index (χ1v) is 21.7. The van der Waals surface area contributed by atoms with Gasteiger partial charge in [-0.1, -0.05) is 115 Å². The summed E-state index contributed by atoms with van der Waals surface area (Å²) in [4.78, 5) is 14.5. The van der Waals surface area contributed by atoms with E-state index in [0.717, 1.165) is 19.3 Å². The molecule has 1 unspecified atom stereocenters. The number of rotatable bonds is 28. The van der Waals surface area contributed by atoms with Gasteiger partial charge in [-0.3, -0.25) is 9.05 Å². The van der Waals surface area contributed by atoms with Crippen molar-refractivity contribution in [2.24, 2.45) is 0 Å². The lowest BCUT2D eigenvalue weighted by molar-refractivity contribution is -0.0644. The molecule has 14 nitrogen and oxygen atoms in total. The lowest BCUT2D eigenvalue weighted by atomic mass is 9.92. The highest BCUT2D eigenvalue weighted by Gasteiger charge is 2.58. The monoisotopic (exact) mass is 796 g/mol. The van der Waals surface area contributed by atoms with E-state index in [1.54, 1.807) is 24.3 Å². The number of aromatic nitrogens is 3. The Hall–Kier alpha value is -3.56. The zero-order valence-corrected chi connectivity index (χ0v) is 33.7. The van der Waals surface area contributed by atoms with Gasteiger partial charge in [0, 0.05) is 17.9 Å². The summed E-state index contributed by atoms with van der Waals surface area (Å²) >= 11 is 0. The summed E-state index contributed by atoms with van der Waals surface area (Å²) in [5.74, 6) is 2.72. The zero-order valence-electron chi connectivity index (χ0n) is 32.8. The molecule has 56 heavy (non-hydrogen) atoms. The van der Waals surface area contributed by atoms with Crippen LogP contribution in [-0.2, 0) is 28.7 Å². The summed E-state index contributed by atoms with van der Waals surface area (Å²) < 4.78 is 36.7. The molecule has 1 saturated heterocycles. The second-order valence-electron chi connectivity index (χ2n) is 14.6. The minimum absolute atomic E-state index is 0.0870. The average molecular weight is 797 g/mol. The van der Waals surface area contributed by atoms with Gasteiger partial charge in [-0.05, 0) is 36.8 Å². The van der Waals surface area contributed by atoms with Crippen molar-refractivity contribution < 1.29 is 38.2 Å². The molecule has 1 fully saturated rings. The number of aliphatic hydroxyl groups is 2. The number of aliphatic hydroxyl groups excluding tert-OH is 2. The van der Waals surface area contributed by atoms with Crippen LogP contribution in [0.5, 0.6) is 0 Å².